The highest BCUT2D eigenvalue weighted by atomic mass is 32.1. The number of benzene rings is 2. The van der Waals surface area contributed by atoms with Gasteiger partial charge < -0.3 is 9.64 Å². The molecule has 3 aromatic rings. The van der Waals surface area contributed by atoms with E-state index >= 15 is 0 Å². The molecule has 156 valence electrons. The first kappa shape index (κ1) is 20.3. The predicted molar refractivity (Wildman–Crippen MR) is 119 cm³/mol. The molecule has 0 N–H and O–H groups in total. The van der Waals surface area contributed by atoms with Crippen LogP contribution >= 0.6 is 12.2 Å². The Morgan fingerprint density at radius 1 is 1.07 bits per heavy atom. The first-order valence-electron chi connectivity index (χ1n) is 9.92. The minimum atomic E-state index is 0.0940. The predicted octanol–water partition coefficient (Wildman–Crippen LogP) is 3.39. The lowest BCUT2D eigenvalue weighted by atomic mass is 10.1. The molecule has 1 fully saturated rings. The highest BCUT2D eigenvalue weighted by Gasteiger charge is 2.18. The number of rotatable bonds is 6. The number of ether oxygens (including phenoxy) is 1. The summed E-state index contributed by atoms with van der Waals surface area (Å²) in [4.78, 5) is 16.1. The van der Waals surface area contributed by atoms with Gasteiger partial charge in [-0.15, -0.1) is 0 Å². The smallest absolute Gasteiger partial charge is 0.203 e. The normalized spacial score (nSPS) is 14.7. The van der Waals surface area contributed by atoms with E-state index < -0.39 is 0 Å². The Labute approximate surface area is 181 Å². The molecule has 0 spiro atoms. The Morgan fingerprint density at radius 2 is 1.80 bits per heavy atom. The summed E-state index contributed by atoms with van der Waals surface area (Å²) in [5.41, 5.74) is 2.83. The molecule has 2 aromatic carbocycles. The van der Waals surface area contributed by atoms with Crippen molar-refractivity contribution in [3.8, 4) is 11.4 Å². The molecule has 4 rings (SSSR count). The van der Waals surface area contributed by atoms with E-state index in [1.54, 1.807) is 20.4 Å². The van der Waals surface area contributed by atoms with Gasteiger partial charge in [0.05, 0.1) is 19.5 Å². The van der Waals surface area contributed by atoms with Crippen LogP contribution in [-0.2, 0) is 6.67 Å². The van der Waals surface area contributed by atoms with Crippen molar-refractivity contribution in [3.05, 3.63) is 65.2 Å². The number of nitrogens with zero attached hydrogens (tertiary/aromatic N) is 5. The van der Waals surface area contributed by atoms with Crippen molar-refractivity contribution in [1.82, 2.24) is 19.2 Å². The topological polar surface area (TPSA) is 55.5 Å². The Kier molecular flexibility index (Phi) is 5.96. The highest BCUT2D eigenvalue weighted by Crippen LogP contribution is 2.19. The van der Waals surface area contributed by atoms with Crippen molar-refractivity contribution in [2.75, 3.05) is 38.2 Å². The third-order valence-corrected chi connectivity index (χ3v) is 5.82. The number of hydrogen-bond donors (Lipinski definition) is 0. The molecule has 0 unspecified atom stereocenters. The lowest BCUT2D eigenvalue weighted by Gasteiger charge is -2.35. The van der Waals surface area contributed by atoms with E-state index in [1.807, 2.05) is 57.8 Å². The van der Waals surface area contributed by atoms with Gasteiger partial charge in [0, 0.05) is 43.5 Å². The van der Waals surface area contributed by atoms with Crippen LogP contribution in [0.4, 0.5) is 5.69 Å². The van der Waals surface area contributed by atoms with Crippen LogP contribution in [0.15, 0.2) is 54.9 Å². The number of hydrogen-bond acceptors (Lipinski definition) is 6. The zero-order chi connectivity index (χ0) is 21.1. The van der Waals surface area contributed by atoms with Gasteiger partial charge >= 0.3 is 0 Å². The van der Waals surface area contributed by atoms with Gasteiger partial charge in [0.2, 0.25) is 4.77 Å². The fraction of sp³-hybridized carbons (Fsp3) is 0.318. The molecule has 1 aromatic heterocycles. The SMILES string of the molecule is COc1cccc(-n2cnn(CN3CCN(c4ccc(C(C)=O)cc4)CC3)c2=S)c1. The van der Waals surface area contributed by atoms with Gasteiger partial charge in [-0.1, -0.05) is 6.07 Å². The maximum absolute atomic E-state index is 11.5. The third-order valence-electron chi connectivity index (χ3n) is 5.41. The van der Waals surface area contributed by atoms with E-state index in [4.69, 9.17) is 17.0 Å². The molecule has 2 heterocycles. The molecule has 1 aliphatic heterocycles. The van der Waals surface area contributed by atoms with Crippen LogP contribution in [0.1, 0.15) is 17.3 Å². The third kappa shape index (κ3) is 4.29. The summed E-state index contributed by atoms with van der Waals surface area (Å²) in [6.45, 7) is 5.93. The van der Waals surface area contributed by atoms with Crippen molar-refractivity contribution in [3.63, 3.8) is 0 Å². The Hall–Kier alpha value is -2.97. The summed E-state index contributed by atoms with van der Waals surface area (Å²) in [6.07, 6.45) is 1.75. The van der Waals surface area contributed by atoms with E-state index in [2.05, 4.69) is 14.9 Å². The number of ketones is 1. The van der Waals surface area contributed by atoms with E-state index in [-0.39, 0.29) is 5.78 Å². The summed E-state index contributed by atoms with van der Waals surface area (Å²) in [5.74, 6) is 0.881. The van der Waals surface area contributed by atoms with Crippen LogP contribution in [0.5, 0.6) is 5.75 Å². The lowest BCUT2D eigenvalue weighted by molar-refractivity contribution is 0.101. The first-order valence-corrected chi connectivity index (χ1v) is 10.3. The van der Waals surface area contributed by atoms with Crippen LogP contribution in [-0.4, -0.2) is 58.3 Å². The molecule has 0 atom stereocenters. The summed E-state index contributed by atoms with van der Waals surface area (Å²) in [7, 11) is 1.65. The van der Waals surface area contributed by atoms with Gasteiger partial charge in [-0.25, -0.2) is 4.68 Å². The highest BCUT2D eigenvalue weighted by molar-refractivity contribution is 7.71. The number of piperazine rings is 1. The number of aromatic nitrogens is 3. The fourth-order valence-electron chi connectivity index (χ4n) is 3.62. The second kappa shape index (κ2) is 8.81. The molecule has 1 aliphatic rings. The molecule has 1 saturated heterocycles. The van der Waals surface area contributed by atoms with E-state index in [0.29, 0.717) is 11.4 Å². The molecule has 0 radical (unpaired) electrons. The van der Waals surface area contributed by atoms with Crippen molar-refractivity contribution in [1.29, 1.82) is 0 Å². The summed E-state index contributed by atoms with van der Waals surface area (Å²) in [5, 5.41) is 4.49. The van der Waals surface area contributed by atoms with E-state index in [1.165, 1.54) is 0 Å². The van der Waals surface area contributed by atoms with Gasteiger partial charge in [-0.3, -0.25) is 14.3 Å². The molecular formula is C22H25N5O2S. The van der Waals surface area contributed by atoms with Gasteiger partial charge in [-0.05, 0) is 55.5 Å². The Balaban J connectivity index is 1.39. The second-order valence-electron chi connectivity index (χ2n) is 7.33. The minimum absolute atomic E-state index is 0.0940. The first-order chi connectivity index (χ1) is 14.5. The zero-order valence-electron chi connectivity index (χ0n) is 17.2. The van der Waals surface area contributed by atoms with E-state index in [0.717, 1.165) is 48.9 Å². The summed E-state index contributed by atoms with van der Waals surface area (Å²) >= 11 is 5.65. The number of Topliss-reactive ketones (excluding diaryl/α,β-unsaturated/α-hetero) is 1. The molecular weight excluding hydrogens is 398 g/mol. The molecule has 30 heavy (non-hydrogen) atoms. The average molecular weight is 424 g/mol. The van der Waals surface area contributed by atoms with Gasteiger partial charge in [0.25, 0.3) is 0 Å². The van der Waals surface area contributed by atoms with Gasteiger partial charge in [0.15, 0.2) is 5.78 Å². The molecule has 0 bridgehead atoms. The van der Waals surface area contributed by atoms with Crippen LogP contribution in [0.2, 0.25) is 0 Å². The zero-order valence-corrected chi connectivity index (χ0v) is 18.0. The molecule has 0 aliphatic carbocycles. The number of carbonyl (C=O) groups is 1. The van der Waals surface area contributed by atoms with E-state index in [9.17, 15) is 4.79 Å². The van der Waals surface area contributed by atoms with Crippen LogP contribution in [0, 0.1) is 4.77 Å². The van der Waals surface area contributed by atoms with Crippen molar-refractivity contribution in [2.45, 2.75) is 13.6 Å². The Bertz CT molecular complexity index is 1080. The minimum Gasteiger partial charge on any atom is -0.497 e. The summed E-state index contributed by atoms with van der Waals surface area (Å²) in [6, 6.07) is 15.6. The average Bonchev–Trinajstić information content (AvgIpc) is 3.14. The summed E-state index contributed by atoms with van der Waals surface area (Å²) < 4.78 is 9.71. The van der Waals surface area contributed by atoms with Crippen molar-refractivity contribution >= 4 is 23.7 Å². The second-order valence-corrected chi connectivity index (χ2v) is 7.70. The fourth-order valence-corrected chi connectivity index (χ4v) is 3.87. The quantitative estimate of drug-likeness (QED) is 0.448. The van der Waals surface area contributed by atoms with Crippen molar-refractivity contribution < 1.29 is 9.53 Å². The maximum atomic E-state index is 11.5. The van der Waals surface area contributed by atoms with Gasteiger partial charge in [-0.2, -0.15) is 5.10 Å². The van der Waals surface area contributed by atoms with Crippen LogP contribution < -0.4 is 9.64 Å². The van der Waals surface area contributed by atoms with Gasteiger partial charge in [0.1, 0.15) is 12.1 Å². The Morgan fingerprint density at radius 3 is 2.47 bits per heavy atom. The largest absolute Gasteiger partial charge is 0.497 e. The van der Waals surface area contributed by atoms with Crippen LogP contribution in [0.25, 0.3) is 5.69 Å². The molecule has 7 nitrogen and oxygen atoms in total. The number of methoxy groups -OCH3 is 1. The monoisotopic (exact) mass is 423 g/mol. The molecule has 8 heteroatoms. The van der Waals surface area contributed by atoms with Crippen LogP contribution in [0.3, 0.4) is 0 Å². The molecule has 0 amide bonds. The number of carbonyl (C=O) groups excluding carboxylic acids is 1. The number of anilines is 1. The lowest BCUT2D eigenvalue weighted by Crippen LogP contribution is -2.47. The molecule has 0 saturated carbocycles. The maximum Gasteiger partial charge on any atom is 0.203 e. The van der Waals surface area contributed by atoms with Crippen molar-refractivity contribution in [2.24, 2.45) is 0 Å². The standard InChI is InChI=1S/C22H25N5O2S/c1-17(28)18-6-8-19(9-7-18)25-12-10-24(11-13-25)16-27-22(30)26(15-23-27)20-4-3-5-21(14-20)29-2/h3-9,14-15H,10-13,16H2,1-2H3.